The molecule has 0 bridgehead atoms. The molecule has 0 spiro atoms. The maximum Gasteiger partial charge on any atom is 0.416 e. The zero-order valence-electron chi connectivity index (χ0n) is 15.5. The first-order chi connectivity index (χ1) is 11.7. The monoisotopic (exact) mass is 429 g/mol. The Labute approximate surface area is 170 Å². The molecule has 1 aliphatic rings. The minimum absolute atomic E-state index is 0. The van der Waals surface area contributed by atoms with Gasteiger partial charge in [-0.25, -0.2) is 0 Å². The molecular formula is C18H28Cl2F3N3O. The second kappa shape index (κ2) is 11.1. The van der Waals surface area contributed by atoms with E-state index in [1.54, 1.807) is 19.1 Å². The number of benzene rings is 1. The van der Waals surface area contributed by atoms with E-state index in [0.29, 0.717) is 6.54 Å². The van der Waals surface area contributed by atoms with Crippen LogP contribution in [-0.4, -0.2) is 37.0 Å². The van der Waals surface area contributed by atoms with Crippen LogP contribution in [0, 0.1) is 5.92 Å². The van der Waals surface area contributed by atoms with Crippen LogP contribution < -0.4 is 11.1 Å². The molecule has 2 rings (SSSR count). The Morgan fingerprint density at radius 3 is 2.41 bits per heavy atom. The molecule has 1 fully saturated rings. The van der Waals surface area contributed by atoms with E-state index in [1.807, 2.05) is 7.05 Å². The van der Waals surface area contributed by atoms with Crippen LogP contribution in [0.1, 0.15) is 43.4 Å². The minimum Gasteiger partial charge on any atom is -0.356 e. The predicted molar refractivity (Wildman–Crippen MR) is 105 cm³/mol. The number of hydrogen-bond donors (Lipinski definition) is 2. The molecule has 0 aromatic heterocycles. The van der Waals surface area contributed by atoms with Crippen molar-refractivity contribution < 1.29 is 18.0 Å². The van der Waals surface area contributed by atoms with E-state index in [1.165, 1.54) is 0 Å². The number of likely N-dealkylation sites (tertiary alicyclic amines) is 1. The molecule has 3 unspecified atom stereocenters. The van der Waals surface area contributed by atoms with Crippen LogP contribution in [-0.2, 0) is 11.0 Å². The first-order valence-corrected chi connectivity index (χ1v) is 8.58. The molecule has 0 radical (unpaired) electrons. The fourth-order valence-electron chi connectivity index (χ4n) is 3.48. The van der Waals surface area contributed by atoms with Gasteiger partial charge in [0.1, 0.15) is 0 Å². The summed E-state index contributed by atoms with van der Waals surface area (Å²) in [5.41, 5.74) is 5.84. The van der Waals surface area contributed by atoms with E-state index in [-0.39, 0.29) is 55.1 Å². The van der Waals surface area contributed by atoms with Crippen molar-refractivity contribution in [3.8, 4) is 0 Å². The number of nitrogens with two attached hydrogens (primary N) is 1. The third kappa shape index (κ3) is 7.49. The van der Waals surface area contributed by atoms with Crippen molar-refractivity contribution in [1.82, 2.24) is 10.2 Å². The third-order valence-electron chi connectivity index (χ3n) is 4.66. The Kier molecular flexibility index (Phi) is 10.7. The zero-order chi connectivity index (χ0) is 18.6. The average Bonchev–Trinajstić information content (AvgIpc) is 2.51. The molecule has 4 nitrogen and oxygen atoms in total. The van der Waals surface area contributed by atoms with Gasteiger partial charge in [-0.05, 0) is 57.0 Å². The molecule has 0 aliphatic carbocycles. The highest BCUT2D eigenvalue weighted by molar-refractivity contribution is 5.85. The number of nitrogens with zero attached hydrogens (tertiary/aromatic N) is 1. The normalized spacial score (nSPS) is 21.6. The minimum atomic E-state index is -4.33. The van der Waals surface area contributed by atoms with Crippen molar-refractivity contribution in [2.45, 2.75) is 44.4 Å². The van der Waals surface area contributed by atoms with Crippen molar-refractivity contribution in [2.24, 2.45) is 11.7 Å². The van der Waals surface area contributed by atoms with Gasteiger partial charge in [0.15, 0.2) is 0 Å². The zero-order valence-corrected chi connectivity index (χ0v) is 17.1. The molecule has 1 amide bonds. The van der Waals surface area contributed by atoms with Gasteiger partial charge in [0, 0.05) is 25.0 Å². The van der Waals surface area contributed by atoms with E-state index in [4.69, 9.17) is 5.73 Å². The highest BCUT2D eigenvalue weighted by Crippen LogP contribution is 2.36. The number of nitrogens with one attached hydrogen (secondary N) is 1. The van der Waals surface area contributed by atoms with Crippen LogP contribution in [0.2, 0.25) is 0 Å². The SMILES string of the molecule is CC(N)CC(=O)NCC1CCCN(C)C1c1ccc(C(F)(F)F)cc1.Cl.Cl. The fraction of sp³-hybridized carbons (Fsp3) is 0.611. The number of rotatable bonds is 5. The second-order valence-corrected chi connectivity index (χ2v) is 6.93. The predicted octanol–water partition coefficient (Wildman–Crippen LogP) is 3.79. The van der Waals surface area contributed by atoms with Gasteiger partial charge in [-0.3, -0.25) is 9.69 Å². The van der Waals surface area contributed by atoms with E-state index >= 15 is 0 Å². The number of amides is 1. The number of alkyl halides is 3. The van der Waals surface area contributed by atoms with Crippen LogP contribution in [0.25, 0.3) is 0 Å². The summed E-state index contributed by atoms with van der Waals surface area (Å²) in [6.45, 7) is 3.16. The molecule has 3 N–H and O–H groups in total. The molecule has 156 valence electrons. The second-order valence-electron chi connectivity index (χ2n) is 6.93. The number of carbonyl (C=O) groups is 1. The van der Waals surface area contributed by atoms with Crippen LogP contribution >= 0.6 is 24.8 Å². The van der Waals surface area contributed by atoms with Crippen molar-refractivity contribution >= 4 is 30.7 Å². The molecule has 27 heavy (non-hydrogen) atoms. The lowest BCUT2D eigenvalue weighted by molar-refractivity contribution is -0.137. The van der Waals surface area contributed by atoms with Gasteiger partial charge in [0.05, 0.1) is 5.56 Å². The first-order valence-electron chi connectivity index (χ1n) is 8.58. The Hall–Kier alpha value is -1.02. The summed E-state index contributed by atoms with van der Waals surface area (Å²) < 4.78 is 38.3. The maximum atomic E-state index is 12.8. The topological polar surface area (TPSA) is 58.4 Å². The van der Waals surface area contributed by atoms with Crippen molar-refractivity contribution in [3.05, 3.63) is 35.4 Å². The highest BCUT2D eigenvalue weighted by Gasteiger charge is 2.33. The van der Waals surface area contributed by atoms with E-state index in [2.05, 4.69) is 10.2 Å². The van der Waals surface area contributed by atoms with Crippen LogP contribution in [0.15, 0.2) is 24.3 Å². The third-order valence-corrected chi connectivity index (χ3v) is 4.66. The van der Waals surface area contributed by atoms with Gasteiger partial charge >= 0.3 is 6.18 Å². The molecular weight excluding hydrogens is 402 g/mol. The maximum absolute atomic E-state index is 12.8. The summed E-state index contributed by atoms with van der Waals surface area (Å²) >= 11 is 0. The summed E-state index contributed by atoms with van der Waals surface area (Å²) in [5.74, 6) is 0.0712. The van der Waals surface area contributed by atoms with Gasteiger partial charge in [0.25, 0.3) is 0 Å². The number of carbonyl (C=O) groups excluding carboxylic acids is 1. The molecule has 1 aromatic rings. The average molecular weight is 430 g/mol. The van der Waals surface area contributed by atoms with Crippen molar-refractivity contribution in [1.29, 1.82) is 0 Å². The van der Waals surface area contributed by atoms with Crippen LogP contribution in [0.5, 0.6) is 0 Å². The smallest absolute Gasteiger partial charge is 0.356 e. The Balaban J connectivity index is 0.00000338. The van der Waals surface area contributed by atoms with Gasteiger partial charge in [-0.2, -0.15) is 13.2 Å². The molecule has 9 heteroatoms. The van der Waals surface area contributed by atoms with Crippen molar-refractivity contribution in [3.63, 3.8) is 0 Å². The van der Waals surface area contributed by atoms with Crippen LogP contribution in [0.4, 0.5) is 13.2 Å². The quantitative estimate of drug-likeness (QED) is 0.748. The lowest BCUT2D eigenvalue weighted by atomic mass is 9.84. The first kappa shape index (κ1) is 26.0. The Morgan fingerprint density at radius 1 is 1.30 bits per heavy atom. The summed E-state index contributed by atoms with van der Waals surface area (Å²) in [4.78, 5) is 14.0. The number of halogens is 5. The lowest BCUT2D eigenvalue weighted by Crippen LogP contribution is -2.42. The summed E-state index contributed by atoms with van der Waals surface area (Å²) in [6, 6.07) is 5.15. The fourth-order valence-corrected chi connectivity index (χ4v) is 3.48. The molecule has 1 heterocycles. The lowest BCUT2D eigenvalue weighted by Gasteiger charge is -2.39. The van der Waals surface area contributed by atoms with E-state index in [9.17, 15) is 18.0 Å². The van der Waals surface area contributed by atoms with Gasteiger partial charge in [0.2, 0.25) is 5.91 Å². The molecule has 1 aliphatic heterocycles. The highest BCUT2D eigenvalue weighted by atomic mass is 35.5. The number of hydrogen-bond acceptors (Lipinski definition) is 3. The summed E-state index contributed by atoms with van der Waals surface area (Å²) in [5, 5.41) is 2.91. The van der Waals surface area contributed by atoms with Crippen molar-refractivity contribution in [2.75, 3.05) is 20.1 Å². The number of piperidine rings is 1. The van der Waals surface area contributed by atoms with E-state index in [0.717, 1.165) is 37.1 Å². The molecule has 0 saturated carbocycles. The Morgan fingerprint density at radius 2 is 1.89 bits per heavy atom. The largest absolute Gasteiger partial charge is 0.416 e. The van der Waals surface area contributed by atoms with E-state index < -0.39 is 11.7 Å². The van der Waals surface area contributed by atoms with Crippen LogP contribution in [0.3, 0.4) is 0 Å². The molecule has 3 atom stereocenters. The van der Waals surface area contributed by atoms with Gasteiger partial charge in [-0.15, -0.1) is 24.8 Å². The summed E-state index contributed by atoms with van der Waals surface area (Å²) in [7, 11) is 1.97. The molecule has 1 aromatic carbocycles. The van der Waals surface area contributed by atoms with Gasteiger partial charge < -0.3 is 11.1 Å². The van der Waals surface area contributed by atoms with Gasteiger partial charge in [-0.1, -0.05) is 12.1 Å². The summed E-state index contributed by atoms with van der Waals surface area (Å²) in [6.07, 6.45) is -2.13. The standard InChI is InChI=1S/C18H26F3N3O.2ClH/c1-12(22)10-16(25)23-11-14-4-3-9-24(2)17(14)13-5-7-15(8-6-13)18(19,20)21;;/h5-8,12,14,17H,3-4,9-11,22H2,1-2H3,(H,23,25);2*1H. The molecule has 1 saturated heterocycles. The Bertz CT molecular complexity index is 582.